The van der Waals surface area contributed by atoms with Crippen molar-refractivity contribution in [3.63, 3.8) is 0 Å². The van der Waals surface area contributed by atoms with Crippen LogP contribution in [0.25, 0.3) is 16.5 Å². The number of nitrogens with one attached hydrogen (secondary N) is 1. The third kappa shape index (κ3) is 2.17. The van der Waals surface area contributed by atoms with Crippen LogP contribution in [0.5, 0.6) is 0 Å². The zero-order valence-corrected chi connectivity index (χ0v) is 10.8. The number of rotatable bonds is 3. The first-order valence-corrected chi connectivity index (χ1v) is 6.09. The Morgan fingerprint density at radius 3 is 2.44 bits per heavy atom. The van der Waals surface area contributed by atoms with Crippen LogP contribution in [0.15, 0.2) is 42.6 Å². The van der Waals surface area contributed by atoms with Crippen molar-refractivity contribution in [3.8, 4) is 0 Å². The quantitative estimate of drug-likeness (QED) is 0.572. The SMILES string of the molecule is CC(C)c1cccc2cccc(/C(N)=C/NN)c12. The standard InChI is InChI=1S/C15H19N3/c1-10(2)12-7-3-5-11-6-4-8-13(15(11)12)14(16)9-18-17/h3-10,18H,16-17H2,1-2H3/b14-9-. The summed E-state index contributed by atoms with van der Waals surface area (Å²) in [5.74, 6) is 5.75. The molecule has 0 fully saturated rings. The molecule has 2 aromatic rings. The number of hydrazine groups is 1. The highest BCUT2D eigenvalue weighted by atomic mass is 15.2. The van der Waals surface area contributed by atoms with E-state index in [1.54, 1.807) is 6.20 Å². The first-order valence-electron chi connectivity index (χ1n) is 6.09. The van der Waals surface area contributed by atoms with Gasteiger partial charge in [-0.1, -0.05) is 50.2 Å². The average Bonchev–Trinajstić information content (AvgIpc) is 2.37. The number of hydrogen-bond donors (Lipinski definition) is 3. The summed E-state index contributed by atoms with van der Waals surface area (Å²) < 4.78 is 0. The molecular formula is C15H19N3. The maximum atomic E-state index is 6.06. The van der Waals surface area contributed by atoms with E-state index in [1.165, 1.54) is 16.3 Å². The van der Waals surface area contributed by atoms with Gasteiger partial charge in [0.1, 0.15) is 0 Å². The van der Waals surface area contributed by atoms with E-state index in [0.717, 1.165) is 5.56 Å². The molecule has 18 heavy (non-hydrogen) atoms. The predicted molar refractivity (Wildman–Crippen MR) is 77.5 cm³/mol. The van der Waals surface area contributed by atoms with E-state index < -0.39 is 0 Å². The van der Waals surface area contributed by atoms with Crippen LogP contribution in [0.3, 0.4) is 0 Å². The van der Waals surface area contributed by atoms with Gasteiger partial charge < -0.3 is 11.2 Å². The molecule has 0 radical (unpaired) electrons. The molecule has 5 N–H and O–H groups in total. The second-order valence-corrected chi connectivity index (χ2v) is 4.67. The van der Waals surface area contributed by atoms with Gasteiger partial charge in [-0.2, -0.15) is 0 Å². The molecule has 3 heteroatoms. The van der Waals surface area contributed by atoms with Crippen molar-refractivity contribution in [1.82, 2.24) is 5.43 Å². The second kappa shape index (κ2) is 5.10. The van der Waals surface area contributed by atoms with Crippen molar-refractivity contribution in [2.45, 2.75) is 19.8 Å². The molecule has 0 saturated carbocycles. The molecule has 0 spiro atoms. The Labute approximate surface area is 107 Å². The Morgan fingerprint density at radius 2 is 1.83 bits per heavy atom. The summed E-state index contributed by atoms with van der Waals surface area (Å²) in [5.41, 5.74) is 11.5. The predicted octanol–water partition coefficient (Wildman–Crippen LogP) is 2.68. The molecule has 0 aromatic heterocycles. The van der Waals surface area contributed by atoms with Crippen LogP contribution in [0.1, 0.15) is 30.9 Å². The van der Waals surface area contributed by atoms with Crippen LogP contribution in [-0.4, -0.2) is 0 Å². The molecule has 0 aliphatic rings. The van der Waals surface area contributed by atoms with Gasteiger partial charge in [0.15, 0.2) is 0 Å². The lowest BCUT2D eigenvalue weighted by Crippen LogP contribution is -2.16. The molecule has 0 aliphatic carbocycles. The fourth-order valence-corrected chi connectivity index (χ4v) is 2.26. The summed E-state index contributed by atoms with van der Waals surface area (Å²) >= 11 is 0. The minimum atomic E-state index is 0.452. The second-order valence-electron chi connectivity index (χ2n) is 4.67. The van der Waals surface area contributed by atoms with Gasteiger partial charge >= 0.3 is 0 Å². The van der Waals surface area contributed by atoms with Crippen LogP contribution in [-0.2, 0) is 0 Å². The molecule has 0 atom stereocenters. The third-order valence-corrected chi connectivity index (χ3v) is 3.11. The van der Waals surface area contributed by atoms with E-state index in [2.05, 4.69) is 43.5 Å². The fraction of sp³-hybridized carbons (Fsp3) is 0.200. The van der Waals surface area contributed by atoms with Crippen molar-refractivity contribution in [2.75, 3.05) is 0 Å². The number of benzene rings is 2. The van der Waals surface area contributed by atoms with Crippen molar-refractivity contribution in [3.05, 3.63) is 53.7 Å². The minimum absolute atomic E-state index is 0.452. The Bertz CT molecular complexity index is 580. The lowest BCUT2D eigenvalue weighted by molar-refractivity contribution is 0.876. The first-order chi connectivity index (χ1) is 8.65. The van der Waals surface area contributed by atoms with Crippen LogP contribution in [0, 0.1) is 0 Å². The van der Waals surface area contributed by atoms with Crippen LogP contribution in [0.4, 0.5) is 0 Å². The van der Waals surface area contributed by atoms with E-state index in [4.69, 9.17) is 11.6 Å². The highest BCUT2D eigenvalue weighted by molar-refractivity contribution is 5.96. The zero-order chi connectivity index (χ0) is 13.1. The lowest BCUT2D eigenvalue weighted by Gasteiger charge is -2.14. The molecule has 0 unspecified atom stereocenters. The summed E-state index contributed by atoms with van der Waals surface area (Å²) in [6.45, 7) is 4.37. The van der Waals surface area contributed by atoms with E-state index in [0.29, 0.717) is 11.6 Å². The van der Waals surface area contributed by atoms with Crippen molar-refractivity contribution in [2.24, 2.45) is 11.6 Å². The topological polar surface area (TPSA) is 64.1 Å². The molecule has 94 valence electrons. The lowest BCUT2D eigenvalue weighted by atomic mass is 9.92. The summed E-state index contributed by atoms with van der Waals surface area (Å²) in [6.07, 6.45) is 1.62. The summed E-state index contributed by atoms with van der Waals surface area (Å²) in [6, 6.07) is 12.5. The number of fused-ring (bicyclic) bond motifs is 1. The molecule has 0 saturated heterocycles. The monoisotopic (exact) mass is 241 g/mol. The number of nitrogens with two attached hydrogens (primary N) is 2. The van der Waals surface area contributed by atoms with Crippen LogP contribution < -0.4 is 17.0 Å². The Morgan fingerprint density at radius 1 is 1.17 bits per heavy atom. The summed E-state index contributed by atoms with van der Waals surface area (Å²) in [5, 5.41) is 2.41. The van der Waals surface area contributed by atoms with Gasteiger partial charge in [0.25, 0.3) is 0 Å². The van der Waals surface area contributed by atoms with Gasteiger partial charge in [0.2, 0.25) is 0 Å². The van der Waals surface area contributed by atoms with Gasteiger partial charge in [-0.3, -0.25) is 5.84 Å². The average molecular weight is 241 g/mol. The van der Waals surface area contributed by atoms with E-state index >= 15 is 0 Å². The van der Waals surface area contributed by atoms with E-state index in [-0.39, 0.29) is 0 Å². The zero-order valence-electron chi connectivity index (χ0n) is 10.8. The Balaban J connectivity index is 2.78. The van der Waals surface area contributed by atoms with E-state index in [9.17, 15) is 0 Å². The minimum Gasteiger partial charge on any atom is -0.397 e. The molecule has 0 amide bonds. The molecule has 2 aromatic carbocycles. The smallest absolute Gasteiger partial charge is 0.0568 e. The Kier molecular flexibility index (Phi) is 3.53. The highest BCUT2D eigenvalue weighted by Crippen LogP contribution is 2.30. The van der Waals surface area contributed by atoms with Crippen LogP contribution in [0.2, 0.25) is 0 Å². The van der Waals surface area contributed by atoms with Gasteiger partial charge in [0, 0.05) is 11.8 Å². The normalized spacial score (nSPS) is 12.1. The first kappa shape index (κ1) is 12.5. The van der Waals surface area contributed by atoms with Gasteiger partial charge in [-0.15, -0.1) is 0 Å². The molecule has 0 heterocycles. The Hall–Kier alpha value is -2.00. The molecule has 2 rings (SSSR count). The fourth-order valence-electron chi connectivity index (χ4n) is 2.26. The van der Waals surface area contributed by atoms with Gasteiger partial charge in [-0.25, -0.2) is 0 Å². The molecule has 0 bridgehead atoms. The summed E-state index contributed by atoms with van der Waals surface area (Å²) in [7, 11) is 0. The highest BCUT2D eigenvalue weighted by Gasteiger charge is 2.10. The van der Waals surface area contributed by atoms with Gasteiger partial charge in [0.05, 0.1) is 5.70 Å². The van der Waals surface area contributed by atoms with Crippen molar-refractivity contribution < 1.29 is 0 Å². The van der Waals surface area contributed by atoms with Crippen molar-refractivity contribution >= 4 is 16.5 Å². The molecular weight excluding hydrogens is 222 g/mol. The molecule has 3 nitrogen and oxygen atoms in total. The third-order valence-electron chi connectivity index (χ3n) is 3.11. The van der Waals surface area contributed by atoms with Crippen LogP contribution >= 0.6 is 0 Å². The number of hydrogen-bond acceptors (Lipinski definition) is 3. The van der Waals surface area contributed by atoms with E-state index in [1.807, 2.05) is 12.1 Å². The largest absolute Gasteiger partial charge is 0.397 e. The van der Waals surface area contributed by atoms with Gasteiger partial charge in [-0.05, 0) is 22.3 Å². The van der Waals surface area contributed by atoms with Crippen molar-refractivity contribution in [1.29, 1.82) is 0 Å². The maximum absolute atomic E-state index is 6.06. The maximum Gasteiger partial charge on any atom is 0.0568 e. The summed E-state index contributed by atoms with van der Waals surface area (Å²) in [4.78, 5) is 0. The molecule has 0 aliphatic heterocycles.